The van der Waals surface area contributed by atoms with Crippen molar-refractivity contribution in [1.82, 2.24) is 0 Å². The summed E-state index contributed by atoms with van der Waals surface area (Å²) in [4.78, 5) is 10.4. The molecule has 0 fully saturated rings. The second-order valence-electron chi connectivity index (χ2n) is 10.8. The standard InChI is InChI=1S/C28H57NO3/c1-4-5-6-7-8-9-10-11-12-13-14-15-16-17-20-23-27(30)26-29(2,3)25-22-19-18-21-24-28(31)32/h27,30H,4-26H2,1-3H3. The minimum absolute atomic E-state index is 0.177. The van der Waals surface area contributed by atoms with Gasteiger partial charge in [0.05, 0.1) is 20.6 Å². The van der Waals surface area contributed by atoms with Gasteiger partial charge in [0.15, 0.2) is 0 Å². The maximum Gasteiger partial charge on any atom is 0.105 e. The number of aliphatic hydroxyl groups excluding tert-OH is 1. The first-order valence-electron chi connectivity index (χ1n) is 14.1. The van der Waals surface area contributed by atoms with Crippen LogP contribution in [0.4, 0.5) is 0 Å². The van der Waals surface area contributed by atoms with Crippen molar-refractivity contribution < 1.29 is 19.5 Å². The molecule has 0 saturated carbocycles. The van der Waals surface area contributed by atoms with Crippen molar-refractivity contribution in [3.63, 3.8) is 0 Å². The van der Waals surface area contributed by atoms with Crippen molar-refractivity contribution in [3.8, 4) is 0 Å². The minimum atomic E-state index is -0.942. The van der Waals surface area contributed by atoms with E-state index in [-0.39, 0.29) is 12.5 Å². The molecule has 0 rings (SSSR count). The predicted molar refractivity (Wildman–Crippen MR) is 135 cm³/mol. The number of carbonyl (C=O) groups excluding carboxylic acids is 1. The normalized spacial score (nSPS) is 12.9. The minimum Gasteiger partial charge on any atom is -0.550 e. The number of carbonyl (C=O) groups is 1. The number of carboxylic acid groups (broad SMARTS) is 1. The van der Waals surface area contributed by atoms with E-state index >= 15 is 0 Å². The smallest absolute Gasteiger partial charge is 0.105 e. The molecule has 0 amide bonds. The summed E-state index contributed by atoms with van der Waals surface area (Å²) in [5, 5.41) is 20.8. The lowest BCUT2D eigenvalue weighted by Crippen LogP contribution is -2.46. The van der Waals surface area contributed by atoms with E-state index in [4.69, 9.17) is 0 Å². The van der Waals surface area contributed by atoms with E-state index in [0.29, 0.717) is 0 Å². The Hall–Kier alpha value is -0.610. The lowest BCUT2D eigenvalue weighted by molar-refractivity contribution is -0.893. The molecule has 192 valence electrons. The number of carboxylic acids is 1. The van der Waals surface area contributed by atoms with Gasteiger partial charge in [-0.25, -0.2) is 0 Å². The van der Waals surface area contributed by atoms with E-state index in [2.05, 4.69) is 21.0 Å². The van der Waals surface area contributed by atoms with Gasteiger partial charge in [0, 0.05) is 5.97 Å². The Kier molecular flexibility index (Phi) is 21.8. The van der Waals surface area contributed by atoms with Gasteiger partial charge < -0.3 is 19.5 Å². The van der Waals surface area contributed by atoms with Gasteiger partial charge in [-0.1, -0.05) is 110 Å². The van der Waals surface area contributed by atoms with E-state index in [1.54, 1.807) is 0 Å². The van der Waals surface area contributed by atoms with Crippen LogP contribution in [-0.4, -0.2) is 48.8 Å². The molecule has 0 aliphatic rings. The summed E-state index contributed by atoms with van der Waals surface area (Å²) in [5.41, 5.74) is 0. The monoisotopic (exact) mass is 455 g/mol. The zero-order chi connectivity index (χ0) is 23.9. The molecule has 0 aromatic rings. The van der Waals surface area contributed by atoms with Crippen LogP contribution in [0.3, 0.4) is 0 Å². The Morgan fingerprint density at radius 2 is 1.09 bits per heavy atom. The molecule has 1 unspecified atom stereocenters. The van der Waals surface area contributed by atoms with Crippen LogP contribution in [0.25, 0.3) is 0 Å². The molecule has 0 spiro atoms. The third-order valence-corrected chi connectivity index (χ3v) is 6.74. The van der Waals surface area contributed by atoms with E-state index in [9.17, 15) is 15.0 Å². The Morgan fingerprint density at radius 1 is 0.688 bits per heavy atom. The molecular weight excluding hydrogens is 398 g/mol. The molecule has 4 heteroatoms. The highest BCUT2D eigenvalue weighted by Crippen LogP contribution is 2.15. The third-order valence-electron chi connectivity index (χ3n) is 6.74. The fourth-order valence-corrected chi connectivity index (χ4v) is 4.67. The highest BCUT2D eigenvalue weighted by molar-refractivity contribution is 5.63. The van der Waals surface area contributed by atoms with Crippen molar-refractivity contribution >= 4 is 5.97 Å². The van der Waals surface area contributed by atoms with Crippen molar-refractivity contribution in [2.24, 2.45) is 0 Å². The van der Waals surface area contributed by atoms with Gasteiger partial charge in [-0.15, -0.1) is 0 Å². The van der Waals surface area contributed by atoms with Crippen LogP contribution < -0.4 is 5.11 Å². The first kappa shape index (κ1) is 31.4. The van der Waals surface area contributed by atoms with Gasteiger partial charge in [-0.3, -0.25) is 0 Å². The summed E-state index contributed by atoms with van der Waals surface area (Å²) in [6, 6.07) is 0. The number of rotatable bonds is 25. The molecule has 0 aromatic carbocycles. The number of hydrogen-bond acceptors (Lipinski definition) is 3. The third kappa shape index (κ3) is 24.0. The highest BCUT2D eigenvalue weighted by atomic mass is 16.4. The Bertz CT molecular complexity index is 411. The Labute approximate surface area is 200 Å². The van der Waals surface area contributed by atoms with Crippen LogP contribution >= 0.6 is 0 Å². The number of nitrogens with zero attached hydrogens (tertiary/aromatic N) is 1. The maximum atomic E-state index is 10.4. The van der Waals surface area contributed by atoms with Crippen LogP contribution in [0, 0.1) is 0 Å². The summed E-state index contributed by atoms with van der Waals surface area (Å²) < 4.78 is 0.848. The largest absolute Gasteiger partial charge is 0.550 e. The lowest BCUT2D eigenvalue weighted by atomic mass is 10.0. The lowest BCUT2D eigenvalue weighted by Gasteiger charge is -2.32. The van der Waals surface area contributed by atoms with Crippen LogP contribution in [0.5, 0.6) is 0 Å². The van der Waals surface area contributed by atoms with Gasteiger partial charge >= 0.3 is 0 Å². The molecule has 1 atom stereocenters. The van der Waals surface area contributed by atoms with Gasteiger partial charge in [0.1, 0.15) is 12.6 Å². The number of likely N-dealkylation sites (N-methyl/N-ethyl adjacent to an activating group) is 1. The molecule has 0 saturated heterocycles. The summed E-state index contributed by atoms with van der Waals surface area (Å²) in [5.74, 6) is -0.942. The van der Waals surface area contributed by atoms with Gasteiger partial charge in [-0.2, -0.15) is 0 Å². The molecule has 0 bridgehead atoms. The molecule has 1 N–H and O–H groups in total. The van der Waals surface area contributed by atoms with E-state index in [1.165, 1.54) is 89.9 Å². The van der Waals surface area contributed by atoms with Crippen molar-refractivity contribution in [3.05, 3.63) is 0 Å². The molecule has 0 radical (unpaired) electrons. The first-order chi connectivity index (χ1) is 15.4. The second-order valence-corrected chi connectivity index (χ2v) is 10.8. The molecule has 4 nitrogen and oxygen atoms in total. The number of quaternary nitrogens is 1. The number of hydrogen-bond donors (Lipinski definition) is 1. The topological polar surface area (TPSA) is 60.4 Å². The number of unbranched alkanes of at least 4 members (excludes halogenated alkanes) is 17. The van der Waals surface area contributed by atoms with Gasteiger partial charge in [0.2, 0.25) is 0 Å². The summed E-state index contributed by atoms with van der Waals surface area (Å²) in [6.07, 6.45) is 25.3. The van der Waals surface area contributed by atoms with Crippen molar-refractivity contribution in [2.45, 2.75) is 148 Å². The fourth-order valence-electron chi connectivity index (χ4n) is 4.67. The quantitative estimate of drug-likeness (QED) is 0.128. The average Bonchev–Trinajstić information content (AvgIpc) is 2.72. The molecule has 0 heterocycles. The molecule has 0 aromatic heterocycles. The number of aliphatic hydroxyl groups is 1. The fraction of sp³-hybridized carbons (Fsp3) is 0.964. The highest BCUT2D eigenvalue weighted by Gasteiger charge is 2.19. The number of aliphatic carboxylic acids is 1. The summed E-state index contributed by atoms with van der Waals surface area (Å²) >= 11 is 0. The molecular formula is C28H57NO3. The Balaban J connectivity index is 3.42. The van der Waals surface area contributed by atoms with Crippen LogP contribution in [-0.2, 0) is 4.79 Å². The predicted octanol–water partition coefficient (Wildman–Crippen LogP) is 6.39. The van der Waals surface area contributed by atoms with E-state index in [0.717, 1.165) is 56.1 Å². The second kappa shape index (κ2) is 22.2. The van der Waals surface area contributed by atoms with Crippen LogP contribution in [0.2, 0.25) is 0 Å². The molecule has 32 heavy (non-hydrogen) atoms. The van der Waals surface area contributed by atoms with Gasteiger partial charge in [-0.05, 0) is 32.1 Å². The zero-order valence-corrected chi connectivity index (χ0v) is 22.1. The van der Waals surface area contributed by atoms with E-state index in [1.807, 2.05) is 0 Å². The first-order valence-corrected chi connectivity index (χ1v) is 14.1. The average molecular weight is 456 g/mol. The van der Waals surface area contributed by atoms with Gasteiger partial charge in [0.25, 0.3) is 0 Å². The SMILES string of the molecule is CCCCCCCCCCCCCCCCCC(O)C[N+](C)(C)CCCCCCC(=O)[O-]. The van der Waals surface area contributed by atoms with Crippen LogP contribution in [0.1, 0.15) is 142 Å². The summed E-state index contributed by atoms with van der Waals surface area (Å²) in [6.45, 7) is 4.14. The molecule has 0 aliphatic heterocycles. The van der Waals surface area contributed by atoms with Crippen molar-refractivity contribution in [1.29, 1.82) is 0 Å². The molecule has 0 aliphatic carbocycles. The van der Waals surface area contributed by atoms with E-state index < -0.39 is 5.97 Å². The van der Waals surface area contributed by atoms with Crippen LogP contribution in [0.15, 0.2) is 0 Å². The summed E-state index contributed by atoms with van der Waals surface area (Å²) in [7, 11) is 4.38. The van der Waals surface area contributed by atoms with Crippen molar-refractivity contribution in [2.75, 3.05) is 27.2 Å². The Morgan fingerprint density at radius 3 is 1.56 bits per heavy atom. The maximum absolute atomic E-state index is 10.4. The zero-order valence-electron chi connectivity index (χ0n) is 22.1.